The molecule has 0 aromatic heterocycles. The van der Waals surface area contributed by atoms with Crippen molar-refractivity contribution in [2.75, 3.05) is 13.2 Å². The van der Waals surface area contributed by atoms with Crippen LogP contribution in [0.5, 0.6) is 0 Å². The highest BCUT2D eigenvalue weighted by Gasteiger charge is 2.34. The van der Waals surface area contributed by atoms with Crippen LogP contribution in [-0.2, 0) is 21.2 Å². The van der Waals surface area contributed by atoms with Gasteiger partial charge in [-0.1, -0.05) is 29.3 Å². The number of rotatable bonds is 3. The molecule has 2 N–H and O–H groups in total. The van der Waals surface area contributed by atoms with Crippen LogP contribution in [0.4, 0.5) is 0 Å². The van der Waals surface area contributed by atoms with Crippen molar-refractivity contribution >= 4 is 33.2 Å². The Hall–Kier alpha value is -0.330. The Morgan fingerprint density at radius 3 is 2.74 bits per heavy atom. The van der Waals surface area contributed by atoms with E-state index in [0.29, 0.717) is 36.1 Å². The molecule has 7 heteroatoms. The van der Waals surface area contributed by atoms with Gasteiger partial charge in [-0.3, -0.25) is 0 Å². The summed E-state index contributed by atoms with van der Waals surface area (Å²) in [7, 11) is -3.57. The molecule has 0 aliphatic carbocycles. The first kappa shape index (κ1) is 15.1. The Morgan fingerprint density at radius 2 is 2.11 bits per heavy atom. The molecular weight excluding hydrogens is 309 g/mol. The molecule has 106 valence electrons. The van der Waals surface area contributed by atoms with Gasteiger partial charge in [0.15, 0.2) is 0 Å². The first-order valence-corrected chi connectivity index (χ1v) is 8.28. The van der Waals surface area contributed by atoms with Gasteiger partial charge in [-0.25, -0.2) is 13.6 Å². The largest absolute Gasteiger partial charge is 0.381 e. The van der Waals surface area contributed by atoms with Crippen LogP contribution in [0.3, 0.4) is 0 Å². The second kappa shape index (κ2) is 5.97. The average Bonchev–Trinajstić information content (AvgIpc) is 2.32. The molecule has 0 radical (unpaired) electrons. The van der Waals surface area contributed by atoms with Crippen LogP contribution in [0.15, 0.2) is 18.2 Å². The summed E-state index contributed by atoms with van der Waals surface area (Å²) in [5, 5.41) is 5.79. The van der Waals surface area contributed by atoms with Gasteiger partial charge in [-0.05, 0) is 30.5 Å². The van der Waals surface area contributed by atoms with E-state index >= 15 is 0 Å². The van der Waals surface area contributed by atoms with E-state index in [2.05, 4.69) is 0 Å². The lowest BCUT2D eigenvalue weighted by Crippen LogP contribution is -2.42. The molecule has 1 heterocycles. The van der Waals surface area contributed by atoms with Gasteiger partial charge in [0.2, 0.25) is 10.0 Å². The van der Waals surface area contributed by atoms with Gasteiger partial charge in [-0.2, -0.15) is 0 Å². The molecule has 0 unspecified atom stereocenters. The number of nitrogens with two attached hydrogens (primary N) is 1. The second-order valence-electron chi connectivity index (χ2n) is 4.69. The number of halogens is 2. The summed E-state index contributed by atoms with van der Waals surface area (Å²) in [6.45, 7) is 0.798. The van der Waals surface area contributed by atoms with E-state index in [1.165, 1.54) is 0 Å². The van der Waals surface area contributed by atoms with Crippen molar-refractivity contribution in [2.45, 2.75) is 18.1 Å². The molecular formula is C12H15Cl2NO3S. The number of benzene rings is 1. The summed E-state index contributed by atoms with van der Waals surface area (Å²) in [6.07, 6.45) is 0.936. The number of hydrogen-bond acceptors (Lipinski definition) is 3. The molecule has 1 fully saturated rings. The summed E-state index contributed by atoms with van der Waals surface area (Å²) in [4.78, 5) is 0. The van der Waals surface area contributed by atoms with Crippen molar-refractivity contribution in [1.29, 1.82) is 0 Å². The van der Waals surface area contributed by atoms with E-state index in [4.69, 9.17) is 33.1 Å². The fourth-order valence-corrected chi connectivity index (χ4v) is 3.99. The van der Waals surface area contributed by atoms with Crippen molar-refractivity contribution in [2.24, 2.45) is 11.1 Å². The third-order valence-electron chi connectivity index (χ3n) is 3.32. The Bertz CT molecular complexity index is 562. The molecule has 1 aromatic carbocycles. The molecule has 1 saturated heterocycles. The zero-order valence-corrected chi connectivity index (χ0v) is 12.5. The van der Waals surface area contributed by atoms with E-state index < -0.39 is 15.3 Å². The molecule has 1 aromatic rings. The summed E-state index contributed by atoms with van der Waals surface area (Å²) in [6, 6.07) is 5.19. The average molecular weight is 324 g/mol. The highest BCUT2D eigenvalue weighted by Crippen LogP contribution is 2.28. The van der Waals surface area contributed by atoms with Crippen LogP contribution in [0.2, 0.25) is 10.0 Å². The fourth-order valence-electron chi connectivity index (χ4n) is 2.37. The van der Waals surface area contributed by atoms with Gasteiger partial charge >= 0.3 is 0 Å². The minimum absolute atomic E-state index is 0.178. The molecule has 0 saturated carbocycles. The summed E-state index contributed by atoms with van der Waals surface area (Å²) < 4.78 is 28.5. The molecule has 2 atom stereocenters. The van der Waals surface area contributed by atoms with Crippen molar-refractivity contribution in [3.63, 3.8) is 0 Å². The van der Waals surface area contributed by atoms with Gasteiger partial charge in [-0.15, -0.1) is 0 Å². The topological polar surface area (TPSA) is 69.4 Å². The van der Waals surface area contributed by atoms with Crippen LogP contribution in [0.25, 0.3) is 0 Å². The molecule has 2 rings (SSSR count). The number of primary sulfonamides is 1. The quantitative estimate of drug-likeness (QED) is 0.927. The van der Waals surface area contributed by atoms with Gasteiger partial charge < -0.3 is 4.74 Å². The molecule has 0 amide bonds. The van der Waals surface area contributed by atoms with Gasteiger partial charge in [0.25, 0.3) is 0 Å². The highest BCUT2D eigenvalue weighted by atomic mass is 35.5. The Kier molecular flexibility index (Phi) is 4.74. The first-order chi connectivity index (χ1) is 8.88. The lowest BCUT2D eigenvalue weighted by atomic mass is 9.93. The highest BCUT2D eigenvalue weighted by molar-refractivity contribution is 7.89. The van der Waals surface area contributed by atoms with E-state index in [1.807, 2.05) is 0 Å². The maximum absolute atomic E-state index is 11.6. The van der Waals surface area contributed by atoms with Crippen LogP contribution in [0, 0.1) is 5.92 Å². The predicted octanol–water partition coefficient (Wildman–Crippen LogP) is 2.23. The van der Waals surface area contributed by atoms with Gasteiger partial charge in [0.05, 0.1) is 11.9 Å². The van der Waals surface area contributed by atoms with E-state index in [0.717, 1.165) is 5.56 Å². The molecule has 19 heavy (non-hydrogen) atoms. The Balaban J connectivity index is 2.20. The second-order valence-corrected chi connectivity index (χ2v) is 7.32. The van der Waals surface area contributed by atoms with Gasteiger partial charge in [0.1, 0.15) is 0 Å². The van der Waals surface area contributed by atoms with E-state index in [-0.39, 0.29) is 5.92 Å². The lowest BCUT2D eigenvalue weighted by Gasteiger charge is -2.30. The third kappa shape index (κ3) is 3.83. The van der Waals surface area contributed by atoms with Gasteiger partial charge in [0, 0.05) is 22.6 Å². The van der Waals surface area contributed by atoms with Crippen molar-refractivity contribution in [3.05, 3.63) is 33.8 Å². The molecule has 0 bridgehead atoms. The van der Waals surface area contributed by atoms with E-state index in [9.17, 15) is 8.42 Å². The summed E-state index contributed by atoms with van der Waals surface area (Å²) >= 11 is 11.9. The number of sulfonamides is 1. The SMILES string of the molecule is NS(=O)(=O)[C@@H]1CCOC[C@@H]1Cc1ccc(Cl)cc1Cl. The lowest BCUT2D eigenvalue weighted by molar-refractivity contribution is 0.0573. The standard InChI is InChI=1S/C12H15Cl2NO3S/c13-10-2-1-8(11(14)6-10)5-9-7-18-4-3-12(9)19(15,16)17/h1-2,6,9,12H,3-5,7H2,(H2,15,16,17)/t9-,12+/m0/s1. The summed E-state index contributed by atoms with van der Waals surface area (Å²) in [5.74, 6) is -0.178. The molecule has 0 spiro atoms. The van der Waals surface area contributed by atoms with Crippen LogP contribution >= 0.6 is 23.2 Å². The predicted molar refractivity (Wildman–Crippen MR) is 76.0 cm³/mol. The maximum atomic E-state index is 11.6. The van der Waals surface area contributed by atoms with Crippen LogP contribution < -0.4 is 5.14 Å². The van der Waals surface area contributed by atoms with Crippen LogP contribution in [-0.4, -0.2) is 26.9 Å². The zero-order chi connectivity index (χ0) is 14.0. The molecule has 1 aliphatic rings. The van der Waals surface area contributed by atoms with Crippen molar-refractivity contribution < 1.29 is 13.2 Å². The van der Waals surface area contributed by atoms with Crippen molar-refractivity contribution in [3.8, 4) is 0 Å². The zero-order valence-electron chi connectivity index (χ0n) is 10.2. The number of ether oxygens (including phenoxy) is 1. The normalized spacial score (nSPS) is 24.4. The molecule has 1 aliphatic heterocycles. The van der Waals surface area contributed by atoms with Crippen molar-refractivity contribution in [1.82, 2.24) is 0 Å². The maximum Gasteiger partial charge on any atom is 0.212 e. The van der Waals surface area contributed by atoms with Crippen LogP contribution in [0.1, 0.15) is 12.0 Å². The number of hydrogen-bond donors (Lipinski definition) is 1. The fraction of sp³-hybridized carbons (Fsp3) is 0.500. The minimum Gasteiger partial charge on any atom is -0.381 e. The Morgan fingerprint density at radius 1 is 1.37 bits per heavy atom. The monoisotopic (exact) mass is 323 g/mol. The minimum atomic E-state index is -3.57. The molecule has 4 nitrogen and oxygen atoms in total. The Labute approximate surface area is 122 Å². The van der Waals surface area contributed by atoms with E-state index in [1.54, 1.807) is 18.2 Å². The first-order valence-electron chi connectivity index (χ1n) is 5.91. The summed E-state index contributed by atoms with van der Waals surface area (Å²) in [5.41, 5.74) is 0.857. The third-order valence-corrected chi connectivity index (χ3v) is 5.38. The smallest absolute Gasteiger partial charge is 0.212 e.